The van der Waals surface area contributed by atoms with Crippen LogP contribution >= 0.6 is 11.8 Å². The molecule has 1 atom stereocenters. The molecule has 0 aliphatic carbocycles. The molecule has 0 saturated carbocycles. The van der Waals surface area contributed by atoms with E-state index in [0.29, 0.717) is 33.8 Å². The average Bonchev–Trinajstić information content (AvgIpc) is 2.98. The largest absolute Gasteiger partial charge is 0.385 e. The number of rotatable bonds is 14. The van der Waals surface area contributed by atoms with Crippen LogP contribution in [0, 0.1) is 12.3 Å². The molecule has 1 heterocycles. The number of allylic oxidation sites excluding steroid dienone is 1. The molecule has 1 aromatic heterocycles. The monoisotopic (exact) mass is 670 g/mol. The first kappa shape index (κ1) is 36.6. The van der Waals surface area contributed by atoms with Crippen molar-refractivity contribution in [2.45, 2.75) is 65.0 Å². The first-order valence-corrected chi connectivity index (χ1v) is 16.9. The normalized spacial score (nSPS) is 13.2. The highest BCUT2D eigenvalue weighted by molar-refractivity contribution is 8.17. The maximum Gasteiger partial charge on any atom is 0.241 e. The van der Waals surface area contributed by atoms with Crippen LogP contribution in [-0.4, -0.2) is 72.4 Å². The molecule has 14 heteroatoms. The number of amides is 1. The van der Waals surface area contributed by atoms with E-state index in [1.165, 1.54) is 17.2 Å². The summed E-state index contributed by atoms with van der Waals surface area (Å²) in [5.74, 6) is 0.0440. The average molecular weight is 671 g/mol. The number of Topliss-reactive ketones (excluding diaryl/α,β-unsaturated/α-hetero) is 1. The quantitative estimate of drug-likeness (QED) is 0.213. The number of hydrogen-bond acceptors (Lipinski definition) is 11. The molecule has 4 N–H and O–H groups in total. The smallest absolute Gasteiger partial charge is 0.241 e. The summed E-state index contributed by atoms with van der Waals surface area (Å²) in [6.07, 6.45) is -0.0455. The molecule has 0 saturated heterocycles. The van der Waals surface area contributed by atoms with Gasteiger partial charge in [-0.15, -0.1) is 0 Å². The van der Waals surface area contributed by atoms with E-state index >= 15 is 0 Å². The number of nitrogens with one attached hydrogen (secondary N) is 1. The molecule has 46 heavy (non-hydrogen) atoms. The fourth-order valence-corrected chi connectivity index (χ4v) is 6.76. The minimum absolute atomic E-state index is 0.00520. The van der Waals surface area contributed by atoms with Gasteiger partial charge >= 0.3 is 0 Å². The van der Waals surface area contributed by atoms with Crippen LogP contribution in [0.1, 0.15) is 51.9 Å². The summed E-state index contributed by atoms with van der Waals surface area (Å²) in [6.45, 7) is 8.26. The minimum atomic E-state index is -4.00. The SMILES string of the molecule is CC(=C(CC(O)C(=O)CCNS(=O)(=O)c1cccc2c(N(C)C)cccc12)SC(=O)C(C)(C)C)N(C=O)Cc1cnc(C)nc1N. The van der Waals surface area contributed by atoms with Crippen LogP contribution in [0.25, 0.3) is 10.8 Å². The molecule has 2 aromatic carbocycles. The fraction of sp³-hybridized carbons (Fsp3) is 0.406. The van der Waals surface area contributed by atoms with E-state index in [1.54, 1.807) is 52.8 Å². The number of aryl methyl sites for hydroxylation is 1. The number of nitrogens with zero attached hydrogens (tertiary/aromatic N) is 4. The van der Waals surface area contributed by atoms with Crippen molar-refractivity contribution in [1.29, 1.82) is 0 Å². The van der Waals surface area contributed by atoms with Crippen LogP contribution in [0.4, 0.5) is 11.5 Å². The van der Waals surface area contributed by atoms with Crippen LogP contribution in [0.2, 0.25) is 0 Å². The highest BCUT2D eigenvalue weighted by Crippen LogP contribution is 2.34. The van der Waals surface area contributed by atoms with Crippen LogP contribution in [0.15, 0.2) is 58.1 Å². The van der Waals surface area contributed by atoms with E-state index in [0.717, 1.165) is 22.8 Å². The van der Waals surface area contributed by atoms with Gasteiger partial charge in [-0.2, -0.15) is 0 Å². The van der Waals surface area contributed by atoms with Crippen LogP contribution in [0.5, 0.6) is 0 Å². The number of benzene rings is 2. The summed E-state index contributed by atoms with van der Waals surface area (Å²) in [5, 5.41) is 12.0. The van der Waals surface area contributed by atoms with Crippen molar-refractivity contribution < 1.29 is 27.9 Å². The second-order valence-corrected chi connectivity index (χ2v) is 14.9. The lowest BCUT2D eigenvalue weighted by Crippen LogP contribution is -2.30. The Morgan fingerprint density at radius 2 is 1.78 bits per heavy atom. The summed E-state index contributed by atoms with van der Waals surface area (Å²) in [7, 11) is -0.254. The lowest BCUT2D eigenvalue weighted by molar-refractivity contribution is -0.126. The van der Waals surface area contributed by atoms with Crippen molar-refractivity contribution in [1.82, 2.24) is 19.6 Å². The number of aromatic nitrogens is 2. The van der Waals surface area contributed by atoms with Gasteiger partial charge in [0.1, 0.15) is 17.7 Å². The number of sulfonamides is 1. The number of thioether (sulfide) groups is 1. The summed E-state index contributed by atoms with van der Waals surface area (Å²) in [6, 6.07) is 10.4. The highest BCUT2D eigenvalue weighted by Gasteiger charge is 2.28. The molecule has 3 rings (SSSR count). The van der Waals surface area contributed by atoms with Crippen LogP contribution in [-0.2, 0) is 31.0 Å². The Hall–Kier alpha value is -3.85. The first-order valence-electron chi connectivity index (χ1n) is 14.6. The number of carbonyl (C=O) groups excluding carboxylic acids is 3. The zero-order chi connectivity index (χ0) is 34.4. The van der Waals surface area contributed by atoms with E-state index in [2.05, 4.69) is 14.7 Å². The third-order valence-corrected chi connectivity index (χ3v) is 10.2. The summed E-state index contributed by atoms with van der Waals surface area (Å²) in [5.41, 5.74) is 6.95. The number of fused-ring (bicyclic) bond motifs is 1. The van der Waals surface area contributed by atoms with Crippen LogP contribution in [0.3, 0.4) is 0 Å². The zero-order valence-corrected chi connectivity index (χ0v) is 28.8. The van der Waals surface area contributed by atoms with E-state index in [9.17, 15) is 27.9 Å². The molecule has 3 aromatic rings. The predicted octanol–water partition coefficient (Wildman–Crippen LogP) is 3.77. The van der Waals surface area contributed by atoms with E-state index in [-0.39, 0.29) is 41.8 Å². The lowest BCUT2D eigenvalue weighted by Gasteiger charge is -2.25. The van der Waals surface area contributed by atoms with Crippen molar-refractivity contribution in [3.8, 4) is 0 Å². The number of hydrogen-bond donors (Lipinski definition) is 3. The lowest BCUT2D eigenvalue weighted by atomic mass is 10.00. The topological polar surface area (TPSA) is 176 Å². The van der Waals surface area contributed by atoms with Crippen molar-refractivity contribution >= 4 is 61.4 Å². The summed E-state index contributed by atoms with van der Waals surface area (Å²) < 4.78 is 29.0. The van der Waals surface area contributed by atoms with Crippen molar-refractivity contribution in [3.05, 3.63) is 64.6 Å². The van der Waals surface area contributed by atoms with Gasteiger partial charge in [-0.25, -0.2) is 23.1 Å². The Labute approximate surface area is 274 Å². The molecular weight excluding hydrogens is 629 g/mol. The Bertz CT molecular complexity index is 1750. The Balaban J connectivity index is 1.78. The third kappa shape index (κ3) is 9.12. The number of ketones is 1. The molecule has 0 spiro atoms. The molecule has 0 radical (unpaired) electrons. The molecule has 0 fully saturated rings. The number of carbonyl (C=O) groups is 3. The molecule has 0 aliphatic heterocycles. The maximum absolute atomic E-state index is 13.3. The van der Waals surface area contributed by atoms with E-state index in [1.807, 2.05) is 31.1 Å². The molecule has 0 bridgehead atoms. The molecule has 1 amide bonds. The number of aliphatic hydroxyl groups excluding tert-OH is 1. The highest BCUT2D eigenvalue weighted by atomic mass is 32.2. The van der Waals surface area contributed by atoms with Crippen LogP contribution < -0.4 is 15.4 Å². The number of nitrogen functional groups attached to an aromatic ring is 1. The zero-order valence-electron chi connectivity index (χ0n) is 27.2. The molecule has 12 nitrogen and oxygen atoms in total. The Kier molecular flexibility index (Phi) is 12.1. The molecule has 248 valence electrons. The Morgan fingerprint density at radius 1 is 1.13 bits per heavy atom. The second kappa shape index (κ2) is 15.2. The van der Waals surface area contributed by atoms with Gasteiger partial charge in [-0.1, -0.05) is 56.8 Å². The second-order valence-electron chi connectivity index (χ2n) is 12.1. The summed E-state index contributed by atoms with van der Waals surface area (Å²) in [4.78, 5) is 50.0. The fourth-order valence-electron chi connectivity index (χ4n) is 4.47. The van der Waals surface area contributed by atoms with E-state index < -0.39 is 27.3 Å². The van der Waals surface area contributed by atoms with Gasteiger partial charge in [0.25, 0.3) is 0 Å². The van der Waals surface area contributed by atoms with E-state index in [4.69, 9.17) is 5.73 Å². The maximum atomic E-state index is 13.3. The number of aliphatic hydroxyl groups is 1. The van der Waals surface area contributed by atoms with Gasteiger partial charge < -0.3 is 20.6 Å². The van der Waals surface area contributed by atoms with Gasteiger partial charge in [0.2, 0.25) is 16.4 Å². The molecule has 1 unspecified atom stereocenters. The van der Waals surface area contributed by atoms with Gasteiger partial charge in [-0.05, 0) is 26.0 Å². The van der Waals surface area contributed by atoms with Gasteiger partial charge in [0.05, 0.1) is 11.4 Å². The van der Waals surface area contributed by atoms with Crippen molar-refractivity contribution in [2.24, 2.45) is 5.41 Å². The third-order valence-electron chi connectivity index (χ3n) is 7.19. The summed E-state index contributed by atoms with van der Waals surface area (Å²) >= 11 is 0.846. The van der Waals surface area contributed by atoms with Crippen molar-refractivity contribution in [3.63, 3.8) is 0 Å². The predicted molar refractivity (Wildman–Crippen MR) is 181 cm³/mol. The minimum Gasteiger partial charge on any atom is -0.385 e. The van der Waals surface area contributed by atoms with Gasteiger partial charge in [0.15, 0.2) is 10.9 Å². The Morgan fingerprint density at radius 3 is 2.39 bits per heavy atom. The van der Waals surface area contributed by atoms with Gasteiger partial charge in [0, 0.05) is 77.7 Å². The first-order chi connectivity index (χ1) is 21.5. The molecular formula is C32H42N6O6S2. The number of nitrogens with two attached hydrogens (primary N) is 1. The standard InChI is InChI=1S/C32H42N6O6S2/c1-20(38(19-39)18-22-17-34-21(2)36-30(22)33)28(45-31(42)32(3,4)5)16-27(41)26(40)14-15-35-46(43,44)29-13-9-10-23-24(29)11-8-12-25(23)37(6)7/h8-13,17,19,27,35,41H,14-16,18H2,1-7H3,(H2,33,34,36). The van der Waals surface area contributed by atoms with Crippen molar-refractivity contribution in [2.75, 3.05) is 31.3 Å². The van der Waals surface area contributed by atoms with Gasteiger partial charge in [-0.3, -0.25) is 14.4 Å². The molecule has 0 aliphatic rings. The number of anilines is 2.